The first-order valence-corrected chi connectivity index (χ1v) is 6.54. The van der Waals surface area contributed by atoms with Gasteiger partial charge in [-0.2, -0.15) is 0 Å². The van der Waals surface area contributed by atoms with E-state index in [9.17, 15) is 9.59 Å². The van der Waals surface area contributed by atoms with E-state index in [1.54, 1.807) is 4.90 Å². The number of hydrogen-bond acceptors (Lipinski definition) is 3. The van der Waals surface area contributed by atoms with Gasteiger partial charge < -0.3 is 15.4 Å². The number of ether oxygens (including phenoxy) is 1. The monoisotopic (exact) mass is 275 g/mol. The van der Waals surface area contributed by atoms with Crippen LogP contribution in [0.4, 0.5) is 10.5 Å². The Morgan fingerprint density at radius 1 is 1.45 bits per heavy atom. The lowest BCUT2D eigenvalue weighted by Crippen LogP contribution is -2.55. The molecule has 1 fully saturated rings. The first-order valence-electron chi connectivity index (χ1n) is 6.54. The molecule has 3 amide bonds. The van der Waals surface area contributed by atoms with Gasteiger partial charge >= 0.3 is 6.03 Å². The van der Waals surface area contributed by atoms with Gasteiger partial charge in [-0.1, -0.05) is 12.1 Å². The average Bonchev–Trinajstić information content (AvgIpc) is 2.67. The molecule has 2 heterocycles. The van der Waals surface area contributed by atoms with E-state index in [1.165, 1.54) is 4.90 Å². The van der Waals surface area contributed by atoms with E-state index in [4.69, 9.17) is 10.5 Å². The van der Waals surface area contributed by atoms with E-state index in [2.05, 4.69) is 0 Å². The lowest BCUT2D eigenvalue weighted by Gasteiger charge is -2.42. The molecule has 0 spiro atoms. The first-order chi connectivity index (χ1) is 9.40. The molecule has 3 rings (SSSR count). The van der Waals surface area contributed by atoms with Crippen molar-refractivity contribution < 1.29 is 14.3 Å². The van der Waals surface area contributed by atoms with Gasteiger partial charge in [-0.15, -0.1) is 0 Å². The van der Waals surface area contributed by atoms with Crippen LogP contribution in [0.3, 0.4) is 0 Å². The highest BCUT2D eigenvalue weighted by atomic mass is 16.5. The summed E-state index contributed by atoms with van der Waals surface area (Å²) in [5, 5.41) is 0. The zero-order valence-corrected chi connectivity index (χ0v) is 11.5. The topological polar surface area (TPSA) is 75.9 Å². The summed E-state index contributed by atoms with van der Waals surface area (Å²) in [4.78, 5) is 26.8. The van der Waals surface area contributed by atoms with Crippen molar-refractivity contribution in [2.24, 2.45) is 5.73 Å². The normalized spacial score (nSPS) is 23.1. The van der Waals surface area contributed by atoms with Gasteiger partial charge in [0.2, 0.25) is 5.91 Å². The SMILES string of the molecule is CC1(C)Oc2ccccc2N2C(=O)N(CC(N)=O)CC21. The number of anilines is 1. The summed E-state index contributed by atoms with van der Waals surface area (Å²) in [5.41, 5.74) is 5.43. The molecule has 0 saturated carbocycles. The van der Waals surface area contributed by atoms with Crippen molar-refractivity contribution in [1.29, 1.82) is 0 Å². The van der Waals surface area contributed by atoms with Crippen LogP contribution in [0.2, 0.25) is 0 Å². The standard InChI is InChI=1S/C14H17N3O3/c1-14(2)11-7-16(8-12(15)18)13(19)17(11)9-5-3-4-6-10(9)20-14/h3-6,11H,7-8H2,1-2H3,(H2,15,18). The van der Waals surface area contributed by atoms with Crippen molar-refractivity contribution in [1.82, 2.24) is 4.90 Å². The fraction of sp³-hybridized carbons (Fsp3) is 0.429. The van der Waals surface area contributed by atoms with Gasteiger partial charge in [0.25, 0.3) is 0 Å². The third-order valence-corrected chi connectivity index (χ3v) is 3.83. The molecule has 0 bridgehead atoms. The van der Waals surface area contributed by atoms with Crippen molar-refractivity contribution >= 4 is 17.6 Å². The van der Waals surface area contributed by atoms with Gasteiger partial charge in [-0.25, -0.2) is 4.79 Å². The highest BCUT2D eigenvalue weighted by molar-refractivity contribution is 5.99. The predicted octanol–water partition coefficient (Wildman–Crippen LogP) is 0.954. The molecule has 20 heavy (non-hydrogen) atoms. The number of rotatable bonds is 2. The zero-order chi connectivity index (χ0) is 14.5. The maximum atomic E-state index is 12.5. The number of urea groups is 1. The number of carbonyl (C=O) groups excluding carboxylic acids is 2. The van der Waals surface area contributed by atoms with E-state index >= 15 is 0 Å². The minimum atomic E-state index is -0.517. The number of carbonyl (C=O) groups is 2. The number of nitrogens with two attached hydrogens (primary N) is 1. The van der Waals surface area contributed by atoms with Gasteiger partial charge in [0.1, 0.15) is 17.9 Å². The minimum absolute atomic E-state index is 0.0654. The number of primary amides is 1. The number of hydrogen-bond donors (Lipinski definition) is 1. The second-order valence-electron chi connectivity index (χ2n) is 5.69. The summed E-state index contributed by atoms with van der Waals surface area (Å²) in [6.07, 6.45) is 0. The third kappa shape index (κ3) is 1.79. The zero-order valence-electron chi connectivity index (χ0n) is 11.5. The van der Waals surface area contributed by atoms with Crippen molar-refractivity contribution in [2.45, 2.75) is 25.5 Å². The van der Waals surface area contributed by atoms with Crippen LogP contribution in [0.15, 0.2) is 24.3 Å². The van der Waals surface area contributed by atoms with Gasteiger partial charge in [0.15, 0.2) is 0 Å². The number of nitrogens with zero attached hydrogens (tertiary/aromatic N) is 2. The maximum absolute atomic E-state index is 12.5. The smallest absolute Gasteiger partial charge is 0.325 e. The lowest BCUT2D eigenvalue weighted by atomic mass is 9.95. The fourth-order valence-electron chi connectivity index (χ4n) is 2.87. The molecule has 1 aromatic rings. The Labute approximate surface area is 117 Å². The molecule has 2 N–H and O–H groups in total. The molecular weight excluding hydrogens is 258 g/mol. The van der Waals surface area contributed by atoms with Gasteiger partial charge in [0, 0.05) is 6.54 Å². The molecule has 1 atom stereocenters. The van der Waals surface area contributed by atoms with Crippen molar-refractivity contribution in [3.63, 3.8) is 0 Å². The second-order valence-corrected chi connectivity index (χ2v) is 5.69. The van der Waals surface area contributed by atoms with Crippen LogP contribution in [0, 0.1) is 0 Å². The van der Waals surface area contributed by atoms with E-state index in [1.807, 2.05) is 38.1 Å². The Kier molecular flexibility index (Phi) is 2.64. The number of amides is 3. The molecule has 1 saturated heterocycles. The van der Waals surface area contributed by atoms with Crippen molar-refractivity contribution in [3.8, 4) is 5.75 Å². The highest BCUT2D eigenvalue weighted by Gasteiger charge is 2.51. The molecule has 6 nitrogen and oxygen atoms in total. The largest absolute Gasteiger partial charge is 0.483 e. The van der Waals surface area contributed by atoms with Crippen molar-refractivity contribution in [2.75, 3.05) is 18.0 Å². The van der Waals surface area contributed by atoms with Crippen LogP contribution in [0.25, 0.3) is 0 Å². The summed E-state index contributed by atoms with van der Waals surface area (Å²) < 4.78 is 6.00. The molecule has 1 aromatic carbocycles. The Morgan fingerprint density at radius 3 is 2.85 bits per heavy atom. The Balaban J connectivity index is 2.03. The molecule has 0 aliphatic carbocycles. The van der Waals surface area contributed by atoms with Crippen LogP contribution in [-0.2, 0) is 4.79 Å². The van der Waals surface area contributed by atoms with Crippen LogP contribution < -0.4 is 15.4 Å². The summed E-state index contributed by atoms with van der Waals surface area (Å²) in [6.45, 7) is 4.26. The number of benzene rings is 1. The summed E-state index contributed by atoms with van der Waals surface area (Å²) in [6, 6.07) is 7.10. The van der Waals surface area contributed by atoms with E-state index in [0.717, 1.165) is 5.69 Å². The molecule has 106 valence electrons. The second kappa shape index (κ2) is 4.13. The summed E-state index contributed by atoms with van der Waals surface area (Å²) in [5.74, 6) is 0.174. The van der Waals surface area contributed by atoms with E-state index in [-0.39, 0.29) is 18.6 Å². The van der Waals surface area contributed by atoms with Gasteiger partial charge in [-0.3, -0.25) is 9.69 Å². The Morgan fingerprint density at radius 2 is 2.15 bits per heavy atom. The van der Waals surface area contributed by atoms with Crippen molar-refractivity contribution in [3.05, 3.63) is 24.3 Å². The van der Waals surface area contributed by atoms with E-state index < -0.39 is 11.5 Å². The molecule has 6 heteroatoms. The predicted molar refractivity (Wildman–Crippen MR) is 73.6 cm³/mol. The van der Waals surface area contributed by atoms with Gasteiger partial charge in [0.05, 0.1) is 11.7 Å². The average molecular weight is 275 g/mol. The summed E-state index contributed by atoms with van der Waals surface area (Å²) >= 11 is 0. The quantitative estimate of drug-likeness (QED) is 0.873. The minimum Gasteiger partial charge on any atom is -0.483 e. The molecule has 2 aliphatic rings. The molecule has 1 unspecified atom stereocenters. The van der Waals surface area contributed by atoms with E-state index in [0.29, 0.717) is 12.3 Å². The maximum Gasteiger partial charge on any atom is 0.325 e. The number of fused-ring (bicyclic) bond motifs is 3. The van der Waals surface area contributed by atoms with Crippen LogP contribution in [0.1, 0.15) is 13.8 Å². The van der Waals surface area contributed by atoms with Crippen LogP contribution in [-0.4, -0.2) is 41.6 Å². The lowest BCUT2D eigenvalue weighted by molar-refractivity contribution is -0.118. The Hall–Kier alpha value is -2.24. The summed E-state index contributed by atoms with van der Waals surface area (Å²) in [7, 11) is 0. The first kappa shape index (κ1) is 12.8. The number of para-hydroxylation sites is 2. The highest BCUT2D eigenvalue weighted by Crippen LogP contribution is 2.43. The van der Waals surface area contributed by atoms with Crippen LogP contribution >= 0.6 is 0 Å². The fourth-order valence-corrected chi connectivity index (χ4v) is 2.87. The molecule has 0 radical (unpaired) electrons. The molecule has 2 aliphatic heterocycles. The van der Waals surface area contributed by atoms with Crippen LogP contribution in [0.5, 0.6) is 5.75 Å². The third-order valence-electron chi connectivity index (χ3n) is 3.83. The molecular formula is C14H17N3O3. The molecule has 0 aromatic heterocycles. The Bertz CT molecular complexity index is 585. The van der Waals surface area contributed by atoms with Gasteiger partial charge in [-0.05, 0) is 26.0 Å².